The molecule has 0 amide bonds. The molecule has 2 saturated heterocycles. The van der Waals surface area contributed by atoms with Gasteiger partial charge in [0.15, 0.2) is 0 Å². The number of anilines is 1. The number of nitrogens with zero attached hydrogens (tertiary/aromatic N) is 5. The zero-order valence-corrected chi connectivity index (χ0v) is 19.2. The summed E-state index contributed by atoms with van der Waals surface area (Å²) in [6.45, 7) is 3.47. The Kier molecular flexibility index (Phi) is 4.94. The van der Waals surface area contributed by atoms with Gasteiger partial charge in [0.25, 0.3) is 0 Å². The lowest BCUT2D eigenvalue weighted by Crippen LogP contribution is -2.39. The van der Waals surface area contributed by atoms with E-state index in [4.69, 9.17) is 12.2 Å². The molecule has 3 aliphatic rings. The van der Waals surface area contributed by atoms with Crippen LogP contribution < -0.4 is 5.32 Å². The molecule has 174 valence electrons. The summed E-state index contributed by atoms with van der Waals surface area (Å²) in [5.41, 5.74) is 4.07. The normalized spacial score (nSPS) is 29.2. The van der Waals surface area contributed by atoms with Crippen LogP contribution in [0.2, 0.25) is 0 Å². The predicted molar refractivity (Wildman–Crippen MR) is 127 cm³/mol. The highest BCUT2D eigenvalue weighted by molar-refractivity contribution is 5.88. The van der Waals surface area contributed by atoms with Gasteiger partial charge in [0.05, 0.1) is 37.1 Å². The molecule has 1 N–H and O–H groups in total. The van der Waals surface area contributed by atoms with Gasteiger partial charge in [-0.25, -0.2) is 0 Å². The molecule has 8 nitrogen and oxygen atoms in total. The van der Waals surface area contributed by atoms with Crippen LogP contribution >= 0.6 is 0 Å². The number of benzene rings is 1. The summed E-state index contributed by atoms with van der Waals surface area (Å²) in [5.74, 6) is 1.75. The molecule has 0 spiro atoms. The monoisotopic (exact) mass is 450 g/mol. The molecule has 0 radical (unpaired) electrons. The largest absolute Gasteiger partial charge is 0.376 e. The van der Waals surface area contributed by atoms with Crippen molar-refractivity contribution in [3.63, 3.8) is 0 Å². The molecule has 3 fully saturated rings. The molecule has 3 aromatic rings. The molecular formula is C25H32N6O2. The van der Waals surface area contributed by atoms with Gasteiger partial charge < -0.3 is 19.7 Å². The van der Waals surface area contributed by atoms with Crippen LogP contribution in [0.1, 0.15) is 21.1 Å². The van der Waals surface area contributed by atoms with Crippen molar-refractivity contribution in [1.29, 1.82) is 0 Å². The van der Waals surface area contributed by atoms with Crippen LogP contribution in [0.25, 0.3) is 22.2 Å². The fourth-order valence-corrected chi connectivity index (χ4v) is 5.68. The summed E-state index contributed by atoms with van der Waals surface area (Å²) in [7, 11) is 1.93. The topological polar surface area (TPSA) is 77.3 Å². The molecule has 8 heteroatoms. The van der Waals surface area contributed by atoms with Crippen molar-refractivity contribution in [3.8, 4) is 11.3 Å². The van der Waals surface area contributed by atoms with E-state index in [1.54, 1.807) is 0 Å². The second-order valence-electron chi connectivity index (χ2n) is 9.58. The number of ether oxygens (including phenoxy) is 2. The molecule has 4 heterocycles. The number of hydrogen-bond donors (Lipinski definition) is 1. The summed E-state index contributed by atoms with van der Waals surface area (Å²) in [4.78, 5) is 1.97. The Bertz CT molecular complexity index is 1200. The molecule has 2 aliphatic heterocycles. The number of likely N-dealkylation sites (tertiary alicyclic amines) is 1. The average Bonchev–Trinajstić information content (AvgIpc) is 3.54. The average molecular weight is 451 g/mol. The van der Waals surface area contributed by atoms with E-state index in [0.717, 1.165) is 59.5 Å². The van der Waals surface area contributed by atoms with Gasteiger partial charge >= 0.3 is 0 Å². The Balaban J connectivity index is 1.08. The highest BCUT2D eigenvalue weighted by Gasteiger charge is 2.41. The molecule has 1 saturated carbocycles. The van der Waals surface area contributed by atoms with Crippen LogP contribution in [0.15, 0.2) is 30.5 Å². The smallest absolute Gasteiger partial charge is 0.148 e. The third-order valence-electron chi connectivity index (χ3n) is 7.26. The van der Waals surface area contributed by atoms with Crippen LogP contribution in [0.3, 0.4) is 0 Å². The minimum Gasteiger partial charge on any atom is -0.376 e. The number of aromatic nitrogens is 4. The Morgan fingerprint density at radius 3 is 2.70 bits per heavy atom. The summed E-state index contributed by atoms with van der Waals surface area (Å²) < 4.78 is 30.2. The van der Waals surface area contributed by atoms with E-state index in [-0.39, 0.29) is 0 Å². The van der Waals surface area contributed by atoms with Gasteiger partial charge in [-0.1, -0.05) is 6.07 Å². The minimum atomic E-state index is -1.49. The van der Waals surface area contributed by atoms with E-state index in [1.165, 1.54) is 0 Å². The van der Waals surface area contributed by atoms with Crippen molar-refractivity contribution in [1.82, 2.24) is 24.9 Å². The quantitative estimate of drug-likeness (QED) is 0.640. The highest BCUT2D eigenvalue weighted by atomic mass is 16.6. The number of nitrogens with one attached hydrogen (secondary N) is 1. The van der Waals surface area contributed by atoms with Gasteiger partial charge in [0.2, 0.25) is 0 Å². The van der Waals surface area contributed by atoms with Crippen LogP contribution in [-0.4, -0.2) is 76.4 Å². The molecule has 4 atom stereocenters. The lowest BCUT2D eigenvalue weighted by Gasteiger charge is -2.28. The fraction of sp³-hybridized carbons (Fsp3) is 0.560. The first kappa shape index (κ1) is 18.8. The Morgan fingerprint density at radius 1 is 1.12 bits per heavy atom. The predicted octanol–water partition coefficient (Wildman–Crippen LogP) is 2.88. The van der Waals surface area contributed by atoms with E-state index < -0.39 is 12.6 Å². The summed E-state index contributed by atoms with van der Waals surface area (Å²) in [5, 5.41) is 18.2. The van der Waals surface area contributed by atoms with E-state index >= 15 is 0 Å². The summed E-state index contributed by atoms with van der Waals surface area (Å²) >= 11 is 0. The van der Waals surface area contributed by atoms with Crippen LogP contribution in [0.4, 0.5) is 5.82 Å². The number of hydrogen-bond acceptors (Lipinski definition) is 7. The maximum absolute atomic E-state index is 8.63. The van der Waals surface area contributed by atoms with Crippen molar-refractivity contribution >= 4 is 16.7 Å². The van der Waals surface area contributed by atoms with Gasteiger partial charge in [0.1, 0.15) is 5.82 Å². The maximum Gasteiger partial charge on any atom is 0.148 e. The van der Waals surface area contributed by atoms with Crippen LogP contribution in [0, 0.1) is 18.8 Å². The zero-order valence-electron chi connectivity index (χ0n) is 21.2. The molecule has 1 aromatic carbocycles. The SMILES string of the molecule is [2H]C([2H])([C@@H]1COCCO1)N1C[C@H]2CC(Nc3ccc(-c4ccc5nn(C)cc5c4C)nn3)C[C@H]2C1. The fourth-order valence-electron chi connectivity index (χ4n) is 5.68. The molecule has 33 heavy (non-hydrogen) atoms. The molecule has 2 aromatic heterocycles. The van der Waals surface area contributed by atoms with E-state index in [0.29, 0.717) is 37.7 Å². The van der Waals surface area contributed by atoms with Crippen LogP contribution in [-0.2, 0) is 16.5 Å². The minimum absolute atomic E-state index is 0.327. The van der Waals surface area contributed by atoms with Crippen molar-refractivity contribution in [2.75, 3.05) is 44.7 Å². The third kappa shape index (κ3) is 4.23. The first-order valence-corrected chi connectivity index (χ1v) is 11.9. The first-order valence-electron chi connectivity index (χ1n) is 12.9. The van der Waals surface area contributed by atoms with Gasteiger partial charge in [-0.3, -0.25) is 4.68 Å². The summed E-state index contributed by atoms with van der Waals surface area (Å²) in [6, 6.07) is 8.46. The van der Waals surface area contributed by atoms with Gasteiger partial charge in [-0.2, -0.15) is 5.10 Å². The van der Waals surface area contributed by atoms with Crippen molar-refractivity contribution in [2.24, 2.45) is 18.9 Å². The van der Waals surface area contributed by atoms with E-state index in [2.05, 4.69) is 33.6 Å². The van der Waals surface area contributed by atoms with Crippen molar-refractivity contribution < 1.29 is 12.2 Å². The second kappa shape index (κ2) is 8.66. The van der Waals surface area contributed by atoms with Gasteiger partial charge in [0, 0.05) is 52.6 Å². The summed E-state index contributed by atoms with van der Waals surface area (Å²) in [6.07, 6.45) is 3.55. The first-order chi connectivity index (χ1) is 16.9. The molecule has 0 bridgehead atoms. The van der Waals surface area contributed by atoms with E-state index in [9.17, 15) is 0 Å². The standard InChI is InChI=1S/C25H32N6O2/c1-16-21(3-4-24-22(16)14-30(2)29-24)23-5-6-25(28-27-23)26-19-9-17-11-31(12-18(17)10-19)13-20-15-32-7-8-33-20/h3-6,14,17-20H,7-13,15H2,1-2H3,(H,26,28)/t17-,18+,19?,20-/m1/s1/i13D2. The third-order valence-corrected chi connectivity index (χ3v) is 7.26. The highest BCUT2D eigenvalue weighted by Crippen LogP contribution is 2.39. The number of aryl methyl sites for hydroxylation is 2. The van der Waals surface area contributed by atoms with Crippen LogP contribution in [0.5, 0.6) is 0 Å². The van der Waals surface area contributed by atoms with Gasteiger partial charge in [-0.05, 0) is 55.4 Å². The lowest BCUT2D eigenvalue weighted by atomic mass is 10.0. The maximum atomic E-state index is 8.63. The zero-order chi connectivity index (χ0) is 24.2. The van der Waals surface area contributed by atoms with Crippen molar-refractivity contribution in [2.45, 2.75) is 31.9 Å². The second-order valence-corrected chi connectivity index (χ2v) is 9.58. The Hall–Kier alpha value is -2.55. The Labute approximate surface area is 197 Å². The lowest BCUT2D eigenvalue weighted by molar-refractivity contribution is -0.0964. The number of rotatable bonds is 5. The van der Waals surface area contributed by atoms with E-state index in [1.807, 2.05) is 41.0 Å². The molecule has 6 rings (SSSR count). The molecular weight excluding hydrogens is 416 g/mol. The van der Waals surface area contributed by atoms with Gasteiger partial charge in [-0.15, -0.1) is 10.2 Å². The molecule has 1 aliphatic carbocycles. The van der Waals surface area contributed by atoms with Crippen molar-refractivity contribution in [3.05, 3.63) is 36.0 Å². The Morgan fingerprint density at radius 2 is 1.97 bits per heavy atom. The number of fused-ring (bicyclic) bond motifs is 2. The molecule has 1 unspecified atom stereocenters.